The summed E-state index contributed by atoms with van der Waals surface area (Å²) in [6.07, 6.45) is 1.39. The number of pyridine rings is 1. The zero-order chi connectivity index (χ0) is 18.9. The summed E-state index contributed by atoms with van der Waals surface area (Å²) in [5.41, 5.74) is 1.44. The molecule has 26 heavy (non-hydrogen) atoms. The summed E-state index contributed by atoms with van der Waals surface area (Å²) in [5, 5.41) is 7.37. The number of benzene rings is 1. The van der Waals surface area contributed by atoms with Crippen LogP contribution < -0.4 is 10.3 Å². The molecular weight excluding hydrogens is 381 g/mol. The number of methoxy groups -OCH3 is 1. The monoisotopic (exact) mass is 395 g/mol. The summed E-state index contributed by atoms with van der Waals surface area (Å²) in [5.74, 6) is 0.169. The molecule has 2 heterocycles. The highest BCUT2D eigenvalue weighted by Crippen LogP contribution is 2.36. The van der Waals surface area contributed by atoms with Gasteiger partial charge in [-0.15, -0.1) is 0 Å². The van der Waals surface area contributed by atoms with Crippen LogP contribution in [0.25, 0.3) is 22.0 Å². The molecule has 0 aliphatic heterocycles. The van der Waals surface area contributed by atoms with Gasteiger partial charge in [-0.1, -0.05) is 23.7 Å². The molecule has 2 aromatic heterocycles. The molecular formula is C16H15ClN3O5P. The number of aromatic amines is 1. The first-order valence-corrected chi connectivity index (χ1v) is 9.72. The van der Waals surface area contributed by atoms with Gasteiger partial charge in [0, 0.05) is 16.0 Å². The number of aryl methyl sites for hydroxylation is 1. The maximum atomic E-state index is 11.9. The van der Waals surface area contributed by atoms with Crippen molar-refractivity contribution >= 4 is 30.0 Å². The molecule has 0 saturated heterocycles. The predicted molar refractivity (Wildman–Crippen MR) is 97.8 cm³/mol. The number of H-pyrrole nitrogens is 1. The molecule has 0 radical (unpaired) electrons. The van der Waals surface area contributed by atoms with Crippen molar-refractivity contribution in [3.63, 3.8) is 0 Å². The van der Waals surface area contributed by atoms with E-state index in [4.69, 9.17) is 26.1 Å². The highest BCUT2D eigenvalue weighted by molar-refractivity contribution is 7.51. The number of hydrogen-bond acceptors (Lipinski definition) is 5. The van der Waals surface area contributed by atoms with Crippen molar-refractivity contribution in [3.8, 4) is 17.1 Å². The zero-order valence-corrected chi connectivity index (χ0v) is 15.3. The molecule has 0 atom stereocenters. The van der Waals surface area contributed by atoms with E-state index in [1.165, 1.54) is 13.3 Å². The van der Waals surface area contributed by atoms with E-state index < -0.39 is 13.2 Å². The molecule has 0 bridgehead atoms. The Balaban J connectivity index is 2.03. The van der Waals surface area contributed by atoms with Crippen LogP contribution in [-0.4, -0.2) is 38.2 Å². The fourth-order valence-electron chi connectivity index (χ4n) is 2.56. The van der Waals surface area contributed by atoms with Gasteiger partial charge >= 0.3 is 7.60 Å². The number of aromatic nitrogens is 3. The Labute approximate surface area is 153 Å². The lowest BCUT2D eigenvalue weighted by Gasteiger charge is -2.10. The lowest BCUT2D eigenvalue weighted by atomic mass is 10.1. The van der Waals surface area contributed by atoms with Crippen LogP contribution in [0.3, 0.4) is 0 Å². The van der Waals surface area contributed by atoms with Crippen LogP contribution in [0.2, 0.25) is 5.02 Å². The minimum absolute atomic E-state index is 0.164. The van der Waals surface area contributed by atoms with Gasteiger partial charge < -0.3 is 14.5 Å². The molecule has 10 heteroatoms. The average molecular weight is 396 g/mol. The molecule has 0 amide bonds. The SMILES string of the molecule is COc1nc(-c2ccc(CCP(=O)(O)O)c(Cl)c2)cc2cn[nH]c(=O)c12. The Morgan fingerprint density at radius 3 is 2.73 bits per heavy atom. The van der Waals surface area contributed by atoms with Gasteiger partial charge in [-0.05, 0) is 24.1 Å². The summed E-state index contributed by atoms with van der Waals surface area (Å²) in [4.78, 5) is 34.3. The van der Waals surface area contributed by atoms with Crippen LogP contribution in [0, 0.1) is 0 Å². The zero-order valence-electron chi connectivity index (χ0n) is 13.6. The van der Waals surface area contributed by atoms with Crippen LogP contribution in [0.4, 0.5) is 0 Å². The van der Waals surface area contributed by atoms with Gasteiger partial charge in [-0.25, -0.2) is 10.1 Å². The third kappa shape index (κ3) is 3.94. The van der Waals surface area contributed by atoms with Crippen molar-refractivity contribution in [3.05, 3.63) is 51.4 Å². The first kappa shape index (κ1) is 18.5. The van der Waals surface area contributed by atoms with Gasteiger partial charge in [-0.2, -0.15) is 5.10 Å². The van der Waals surface area contributed by atoms with E-state index >= 15 is 0 Å². The highest BCUT2D eigenvalue weighted by Gasteiger charge is 2.15. The van der Waals surface area contributed by atoms with Gasteiger partial charge in [0.15, 0.2) is 0 Å². The summed E-state index contributed by atoms with van der Waals surface area (Å²) in [6.45, 7) is 0. The fraction of sp³-hybridized carbons (Fsp3) is 0.188. The molecule has 1 aromatic carbocycles. The van der Waals surface area contributed by atoms with Gasteiger partial charge in [0.05, 0.1) is 25.2 Å². The van der Waals surface area contributed by atoms with Crippen LogP contribution in [0.5, 0.6) is 5.88 Å². The number of nitrogens with zero attached hydrogens (tertiary/aromatic N) is 2. The fourth-order valence-corrected chi connectivity index (χ4v) is 3.37. The van der Waals surface area contributed by atoms with E-state index in [0.717, 1.165) is 0 Å². The summed E-state index contributed by atoms with van der Waals surface area (Å²) < 4.78 is 16.2. The van der Waals surface area contributed by atoms with E-state index in [0.29, 0.717) is 32.6 Å². The van der Waals surface area contributed by atoms with E-state index in [-0.39, 0.29) is 18.5 Å². The van der Waals surface area contributed by atoms with Gasteiger partial charge in [0.2, 0.25) is 5.88 Å². The summed E-state index contributed by atoms with van der Waals surface area (Å²) in [7, 11) is -2.67. The quantitative estimate of drug-likeness (QED) is 0.566. The standard InChI is InChI=1S/C16H15ClN3O5P/c1-25-16-14-11(8-18-20-15(14)21)7-13(19-16)10-3-2-9(12(17)6-10)4-5-26(22,23)24/h2-3,6-8H,4-5H2,1H3,(H,20,21)(H2,22,23,24). The normalized spacial score (nSPS) is 11.7. The van der Waals surface area contributed by atoms with Crippen molar-refractivity contribution < 1.29 is 19.1 Å². The molecule has 0 saturated carbocycles. The Morgan fingerprint density at radius 1 is 1.31 bits per heavy atom. The number of halogens is 1. The van der Waals surface area contributed by atoms with Crippen molar-refractivity contribution in [1.29, 1.82) is 0 Å². The largest absolute Gasteiger partial charge is 0.480 e. The number of nitrogens with one attached hydrogen (secondary N) is 1. The number of rotatable bonds is 5. The number of ether oxygens (including phenoxy) is 1. The topological polar surface area (TPSA) is 125 Å². The van der Waals surface area contributed by atoms with E-state index in [1.54, 1.807) is 24.3 Å². The predicted octanol–water partition coefficient (Wildman–Crippen LogP) is 2.37. The molecule has 0 aliphatic carbocycles. The second kappa shape index (κ2) is 7.17. The second-order valence-corrected chi connectivity index (χ2v) is 7.81. The van der Waals surface area contributed by atoms with Crippen molar-refractivity contribution in [1.82, 2.24) is 15.2 Å². The second-order valence-electron chi connectivity index (χ2n) is 5.62. The van der Waals surface area contributed by atoms with Crippen molar-refractivity contribution in [2.45, 2.75) is 6.42 Å². The van der Waals surface area contributed by atoms with Crippen molar-refractivity contribution in [2.75, 3.05) is 13.3 Å². The molecule has 0 fully saturated rings. The molecule has 3 aromatic rings. The van der Waals surface area contributed by atoms with Crippen LogP contribution in [0.15, 0.2) is 35.3 Å². The summed E-state index contributed by atoms with van der Waals surface area (Å²) >= 11 is 6.25. The minimum Gasteiger partial charge on any atom is -0.480 e. The molecule has 0 unspecified atom stereocenters. The number of fused-ring (bicyclic) bond motifs is 1. The highest BCUT2D eigenvalue weighted by atomic mass is 35.5. The lowest BCUT2D eigenvalue weighted by Crippen LogP contribution is -2.10. The Kier molecular flexibility index (Phi) is 5.11. The van der Waals surface area contributed by atoms with E-state index in [2.05, 4.69) is 15.2 Å². The van der Waals surface area contributed by atoms with Crippen LogP contribution in [0.1, 0.15) is 5.56 Å². The Hall–Kier alpha value is -2.25. The molecule has 3 rings (SSSR count). The first-order chi connectivity index (χ1) is 12.3. The third-order valence-electron chi connectivity index (χ3n) is 3.83. The Bertz CT molecular complexity index is 1080. The van der Waals surface area contributed by atoms with E-state index in [9.17, 15) is 9.36 Å². The van der Waals surface area contributed by atoms with Crippen LogP contribution >= 0.6 is 19.2 Å². The molecule has 0 aliphatic rings. The van der Waals surface area contributed by atoms with Crippen molar-refractivity contribution in [2.24, 2.45) is 0 Å². The van der Waals surface area contributed by atoms with Gasteiger partial charge in [0.1, 0.15) is 5.39 Å². The lowest BCUT2D eigenvalue weighted by molar-refractivity contribution is 0.373. The van der Waals surface area contributed by atoms with Crippen LogP contribution in [-0.2, 0) is 11.0 Å². The maximum absolute atomic E-state index is 11.9. The Morgan fingerprint density at radius 2 is 2.08 bits per heavy atom. The molecule has 136 valence electrons. The summed E-state index contributed by atoms with van der Waals surface area (Å²) in [6, 6.07) is 6.79. The smallest absolute Gasteiger partial charge is 0.325 e. The minimum atomic E-state index is -4.09. The average Bonchev–Trinajstić information content (AvgIpc) is 2.59. The van der Waals surface area contributed by atoms with E-state index in [1.807, 2.05) is 0 Å². The molecule has 0 spiro atoms. The number of hydrogen-bond donors (Lipinski definition) is 3. The first-order valence-electron chi connectivity index (χ1n) is 7.54. The van der Waals surface area contributed by atoms with Gasteiger partial charge in [0.25, 0.3) is 5.56 Å². The molecule has 8 nitrogen and oxygen atoms in total. The molecule has 3 N–H and O–H groups in total. The van der Waals surface area contributed by atoms with Gasteiger partial charge in [-0.3, -0.25) is 9.36 Å². The maximum Gasteiger partial charge on any atom is 0.325 e. The third-order valence-corrected chi connectivity index (χ3v) is 4.99.